The van der Waals surface area contributed by atoms with Crippen LogP contribution in [-0.4, -0.2) is 28.0 Å². The normalized spacial score (nSPS) is 18.4. The van der Waals surface area contributed by atoms with Crippen LogP contribution in [-0.2, 0) is 0 Å². The van der Waals surface area contributed by atoms with Gasteiger partial charge in [0, 0.05) is 29.3 Å². The molecule has 0 spiro atoms. The topological polar surface area (TPSA) is 66.9 Å². The van der Waals surface area contributed by atoms with Gasteiger partial charge in [-0.25, -0.2) is 9.97 Å². The molecule has 5 heteroatoms. The second kappa shape index (κ2) is 8.51. The minimum atomic E-state index is 0.0239. The second-order valence-electron chi connectivity index (χ2n) is 7.80. The maximum Gasteiger partial charge on any atom is 0.251 e. The molecule has 1 aromatic heterocycles. The summed E-state index contributed by atoms with van der Waals surface area (Å²) in [6.45, 7) is 0. The Morgan fingerprint density at radius 3 is 2.26 bits per heavy atom. The summed E-state index contributed by atoms with van der Waals surface area (Å²) in [4.78, 5) is 21.2. The van der Waals surface area contributed by atoms with Crippen molar-refractivity contribution in [2.75, 3.05) is 5.32 Å². The molecule has 0 bridgehead atoms. The molecule has 2 aliphatic carbocycles. The van der Waals surface area contributed by atoms with Gasteiger partial charge in [-0.2, -0.15) is 0 Å². The molecule has 4 rings (SSSR count). The van der Waals surface area contributed by atoms with Crippen LogP contribution in [0, 0.1) is 0 Å². The first kappa shape index (κ1) is 18.0. The molecule has 5 nitrogen and oxygen atoms in total. The van der Waals surface area contributed by atoms with Crippen molar-refractivity contribution in [1.29, 1.82) is 0 Å². The number of carbonyl (C=O) groups is 1. The third-order valence-corrected chi connectivity index (χ3v) is 5.76. The van der Waals surface area contributed by atoms with Crippen LogP contribution in [0.25, 0.3) is 11.3 Å². The summed E-state index contributed by atoms with van der Waals surface area (Å²) in [6, 6.07) is 10.6. The van der Waals surface area contributed by atoms with Gasteiger partial charge in [-0.05, 0) is 37.8 Å². The lowest BCUT2D eigenvalue weighted by molar-refractivity contribution is 0.0938. The number of amides is 1. The summed E-state index contributed by atoms with van der Waals surface area (Å²) in [5.74, 6) is 0.908. The van der Waals surface area contributed by atoms with Gasteiger partial charge >= 0.3 is 0 Å². The number of nitrogens with one attached hydrogen (secondary N) is 2. The van der Waals surface area contributed by atoms with Gasteiger partial charge < -0.3 is 10.6 Å². The van der Waals surface area contributed by atoms with Crippen molar-refractivity contribution in [3.63, 3.8) is 0 Å². The molecular weight excluding hydrogens is 336 g/mol. The van der Waals surface area contributed by atoms with Gasteiger partial charge in [0.2, 0.25) is 0 Å². The van der Waals surface area contributed by atoms with Crippen molar-refractivity contribution < 1.29 is 4.79 Å². The van der Waals surface area contributed by atoms with E-state index >= 15 is 0 Å². The number of rotatable bonds is 5. The van der Waals surface area contributed by atoms with Crippen molar-refractivity contribution >= 4 is 11.7 Å². The number of nitrogens with zero attached hydrogens (tertiary/aromatic N) is 2. The van der Waals surface area contributed by atoms with E-state index in [1.165, 1.54) is 44.9 Å². The van der Waals surface area contributed by atoms with Crippen LogP contribution in [0.5, 0.6) is 0 Å². The molecule has 0 unspecified atom stereocenters. The van der Waals surface area contributed by atoms with E-state index in [4.69, 9.17) is 0 Å². The largest absolute Gasteiger partial charge is 0.367 e. The van der Waals surface area contributed by atoms with Crippen molar-refractivity contribution in [3.05, 3.63) is 42.2 Å². The van der Waals surface area contributed by atoms with Crippen LogP contribution in [0.3, 0.4) is 0 Å². The van der Waals surface area contributed by atoms with Gasteiger partial charge in [0.1, 0.15) is 12.1 Å². The highest BCUT2D eigenvalue weighted by Gasteiger charge is 2.18. The van der Waals surface area contributed by atoms with Crippen LogP contribution in [0.15, 0.2) is 36.7 Å². The van der Waals surface area contributed by atoms with Crippen molar-refractivity contribution in [2.45, 2.75) is 69.9 Å². The van der Waals surface area contributed by atoms with Crippen molar-refractivity contribution in [2.24, 2.45) is 0 Å². The Morgan fingerprint density at radius 1 is 0.852 bits per heavy atom. The SMILES string of the molecule is O=C(NC1CCCC1)c1ccc(-c2cc(NC3CCCCC3)ncn2)cc1. The minimum absolute atomic E-state index is 0.0239. The quantitative estimate of drug-likeness (QED) is 0.816. The fourth-order valence-electron chi connectivity index (χ4n) is 4.18. The minimum Gasteiger partial charge on any atom is -0.367 e. The first-order chi connectivity index (χ1) is 13.3. The molecule has 1 amide bonds. The molecule has 2 aliphatic rings. The summed E-state index contributed by atoms with van der Waals surface area (Å²) in [5, 5.41) is 6.68. The zero-order valence-electron chi connectivity index (χ0n) is 15.8. The highest BCUT2D eigenvalue weighted by Crippen LogP contribution is 2.24. The zero-order valence-corrected chi connectivity index (χ0v) is 15.8. The monoisotopic (exact) mass is 364 g/mol. The molecule has 27 heavy (non-hydrogen) atoms. The maximum atomic E-state index is 12.4. The molecule has 2 aromatic rings. The summed E-state index contributed by atoms with van der Waals surface area (Å²) in [7, 11) is 0. The van der Waals surface area contributed by atoms with Gasteiger partial charge in [0.05, 0.1) is 5.69 Å². The number of aromatic nitrogens is 2. The molecule has 0 aliphatic heterocycles. The Morgan fingerprint density at radius 2 is 1.52 bits per heavy atom. The smallest absolute Gasteiger partial charge is 0.251 e. The van der Waals surface area contributed by atoms with Gasteiger partial charge in [-0.1, -0.05) is 44.2 Å². The number of hydrogen-bond acceptors (Lipinski definition) is 4. The molecule has 0 saturated heterocycles. The van der Waals surface area contributed by atoms with Crippen molar-refractivity contribution in [1.82, 2.24) is 15.3 Å². The number of hydrogen-bond donors (Lipinski definition) is 2. The summed E-state index contributed by atoms with van der Waals surface area (Å²) < 4.78 is 0. The van der Waals surface area contributed by atoms with Gasteiger partial charge in [0.25, 0.3) is 5.91 Å². The zero-order chi connectivity index (χ0) is 18.5. The van der Waals surface area contributed by atoms with E-state index in [1.54, 1.807) is 6.33 Å². The van der Waals surface area contributed by atoms with E-state index in [9.17, 15) is 4.79 Å². The van der Waals surface area contributed by atoms with Crippen LogP contribution in [0.2, 0.25) is 0 Å². The first-order valence-corrected chi connectivity index (χ1v) is 10.3. The Bertz CT molecular complexity index is 762. The van der Waals surface area contributed by atoms with E-state index < -0.39 is 0 Å². The van der Waals surface area contributed by atoms with E-state index in [0.29, 0.717) is 17.6 Å². The highest BCUT2D eigenvalue weighted by molar-refractivity contribution is 5.94. The molecule has 142 valence electrons. The molecular formula is C22H28N4O. The summed E-state index contributed by atoms with van der Waals surface area (Å²) in [6.07, 6.45) is 12.6. The second-order valence-corrected chi connectivity index (χ2v) is 7.80. The molecule has 2 fully saturated rings. The average Bonchev–Trinajstić information content (AvgIpc) is 3.22. The van der Waals surface area contributed by atoms with Crippen LogP contribution in [0.4, 0.5) is 5.82 Å². The predicted molar refractivity (Wildman–Crippen MR) is 108 cm³/mol. The highest BCUT2D eigenvalue weighted by atomic mass is 16.1. The lowest BCUT2D eigenvalue weighted by atomic mass is 9.95. The molecule has 0 atom stereocenters. The molecule has 2 saturated carbocycles. The maximum absolute atomic E-state index is 12.4. The Hall–Kier alpha value is -2.43. The number of benzene rings is 1. The van der Waals surface area contributed by atoms with E-state index in [2.05, 4.69) is 20.6 Å². The molecule has 2 N–H and O–H groups in total. The fourth-order valence-corrected chi connectivity index (χ4v) is 4.18. The third kappa shape index (κ3) is 4.65. The fraction of sp³-hybridized carbons (Fsp3) is 0.500. The lowest BCUT2D eigenvalue weighted by Crippen LogP contribution is -2.32. The third-order valence-electron chi connectivity index (χ3n) is 5.76. The Kier molecular flexibility index (Phi) is 5.66. The number of anilines is 1. The van der Waals surface area contributed by atoms with Crippen LogP contribution < -0.4 is 10.6 Å². The summed E-state index contributed by atoms with van der Waals surface area (Å²) in [5.41, 5.74) is 2.59. The van der Waals surface area contributed by atoms with Crippen LogP contribution in [0.1, 0.15) is 68.1 Å². The van der Waals surface area contributed by atoms with Gasteiger partial charge in [-0.15, -0.1) is 0 Å². The Labute approximate surface area is 161 Å². The van der Waals surface area contributed by atoms with Gasteiger partial charge in [0.15, 0.2) is 0 Å². The van der Waals surface area contributed by atoms with Crippen LogP contribution >= 0.6 is 0 Å². The van der Waals surface area contributed by atoms with E-state index in [1.807, 2.05) is 30.3 Å². The predicted octanol–water partition coefficient (Wildman–Crippen LogP) is 4.56. The van der Waals surface area contributed by atoms with E-state index in [-0.39, 0.29) is 5.91 Å². The summed E-state index contributed by atoms with van der Waals surface area (Å²) >= 11 is 0. The molecule has 1 heterocycles. The lowest BCUT2D eigenvalue weighted by Gasteiger charge is -2.23. The number of carbonyl (C=O) groups excluding carboxylic acids is 1. The Balaban J connectivity index is 1.42. The van der Waals surface area contributed by atoms with Crippen molar-refractivity contribution in [3.8, 4) is 11.3 Å². The van der Waals surface area contributed by atoms with Gasteiger partial charge in [-0.3, -0.25) is 4.79 Å². The standard InChI is InChI=1S/C22H28N4O/c27-22(26-19-8-4-5-9-19)17-12-10-16(11-13-17)20-14-21(24-15-23-20)25-18-6-2-1-3-7-18/h10-15,18-19H,1-9H2,(H,26,27)(H,23,24,25). The molecule has 1 aromatic carbocycles. The van der Waals surface area contributed by atoms with E-state index in [0.717, 1.165) is 29.9 Å². The molecule has 0 radical (unpaired) electrons. The average molecular weight is 364 g/mol. The first-order valence-electron chi connectivity index (χ1n) is 10.3.